The monoisotopic (exact) mass is 433 g/mol. The van der Waals surface area contributed by atoms with E-state index in [4.69, 9.17) is 9.47 Å². The molecular formula is C23H39N5O3. The van der Waals surface area contributed by atoms with Crippen LogP contribution in [0.15, 0.2) is 29.3 Å². The molecule has 1 aliphatic rings. The number of nitrogens with zero attached hydrogens (tertiary/aromatic N) is 2. The van der Waals surface area contributed by atoms with Gasteiger partial charge in [-0.25, -0.2) is 4.79 Å². The molecule has 0 aromatic heterocycles. The van der Waals surface area contributed by atoms with Crippen molar-refractivity contribution in [1.82, 2.24) is 20.9 Å². The second kappa shape index (κ2) is 12.4. The Labute approximate surface area is 186 Å². The van der Waals surface area contributed by atoms with E-state index in [0.29, 0.717) is 13.1 Å². The number of hydrogen-bond donors (Lipinski definition) is 3. The minimum atomic E-state index is -0.482. The van der Waals surface area contributed by atoms with Gasteiger partial charge in [-0.1, -0.05) is 12.1 Å². The van der Waals surface area contributed by atoms with Crippen LogP contribution in [0.25, 0.3) is 0 Å². The summed E-state index contributed by atoms with van der Waals surface area (Å²) < 4.78 is 10.5. The molecule has 0 radical (unpaired) electrons. The highest BCUT2D eigenvalue weighted by molar-refractivity contribution is 5.79. The summed E-state index contributed by atoms with van der Waals surface area (Å²) in [6.07, 6.45) is 2.87. The summed E-state index contributed by atoms with van der Waals surface area (Å²) in [5.74, 6) is 1.63. The number of nitrogens with one attached hydrogen (secondary N) is 3. The Hall–Kier alpha value is -2.48. The van der Waals surface area contributed by atoms with Crippen LogP contribution in [0.5, 0.6) is 5.75 Å². The van der Waals surface area contributed by atoms with Gasteiger partial charge in [0.05, 0.1) is 13.2 Å². The number of rotatable bonds is 9. The zero-order chi connectivity index (χ0) is 22.7. The van der Waals surface area contributed by atoms with Crippen LogP contribution in [-0.4, -0.2) is 69.4 Å². The molecule has 1 atom stereocenters. The maximum atomic E-state index is 11.7. The van der Waals surface area contributed by atoms with E-state index in [1.165, 1.54) is 18.4 Å². The molecule has 0 aliphatic carbocycles. The third kappa shape index (κ3) is 9.04. The molecule has 8 heteroatoms. The maximum absolute atomic E-state index is 11.7. The lowest BCUT2D eigenvalue weighted by molar-refractivity contribution is 0.0527. The fraction of sp³-hybridized carbons (Fsp3) is 0.652. The van der Waals surface area contributed by atoms with E-state index in [1.807, 2.05) is 32.9 Å². The average Bonchev–Trinajstić information content (AvgIpc) is 3.26. The number of likely N-dealkylation sites (tertiary alicyclic amines) is 1. The van der Waals surface area contributed by atoms with Crippen molar-refractivity contribution in [1.29, 1.82) is 0 Å². The number of ether oxygens (including phenoxy) is 2. The summed E-state index contributed by atoms with van der Waals surface area (Å²) in [7, 11) is 3.46. The zero-order valence-electron chi connectivity index (χ0n) is 19.7. The van der Waals surface area contributed by atoms with Crippen LogP contribution in [0.2, 0.25) is 0 Å². The van der Waals surface area contributed by atoms with E-state index in [9.17, 15) is 4.79 Å². The molecule has 0 bridgehead atoms. The smallest absolute Gasteiger partial charge is 0.407 e. The molecule has 1 unspecified atom stereocenters. The van der Waals surface area contributed by atoms with Crippen LogP contribution in [-0.2, 0) is 4.74 Å². The van der Waals surface area contributed by atoms with Gasteiger partial charge in [0.2, 0.25) is 0 Å². The normalized spacial score (nSPS) is 16.0. The van der Waals surface area contributed by atoms with Crippen LogP contribution in [0.4, 0.5) is 4.79 Å². The number of carbonyl (C=O) groups excluding carboxylic acids is 1. The molecule has 1 aliphatic heterocycles. The molecule has 1 heterocycles. The molecule has 1 fully saturated rings. The third-order valence-electron chi connectivity index (χ3n) is 5.08. The summed E-state index contributed by atoms with van der Waals surface area (Å²) in [4.78, 5) is 18.5. The highest BCUT2D eigenvalue weighted by atomic mass is 16.6. The lowest BCUT2D eigenvalue weighted by Crippen LogP contribution is -2.43. The molecule has 31 heavy (non-hydrogen) atoms. The first-order valence-corrected chi connectivity index (χ1v) is 11.1. The topological polar surface area (TPSA) is 87.2 Å². The van der Waals surface area contributed by atoms with Gasteiger partial charge in [0.15, 0.2) is 5.96 Å². The number of methoxy groups -OCH3 is 1. The largest absolute Gasteiger partial charge is 0.497 e. The van der Waals surface area contributed by atoms with E-state index < -0.39 is 5.60 Å². The highest BCUT2D eigenvalue weighted by Gasteiger charge is 2.23. The van der Waals surface area contributed by atoms with Crippen molar-refractivity contribution in [3.8, 4) is 5.75 Å². The second-order valence-corrected chi connectivity index (χ2v) is 8.69. The molecule has 3 N–H and O–H groups in total. The van der Waals surface area contributed by atoms with Gasteiger partial charge in [-0.3, -0.25) is 9.89 Å². The summed E-state index contributed by atoms with van der Waals surface area (Å²) >= 11 is 0. The Balaban J connectivity index is 1.79. The van der Waals surface area contributed by atoms with Crippen molar-refractivity contribution >= 4 is 12.1 Å². The predicted molar refractivity (Wildman–Crippen MR) is 125 cm³/mol. The van der Waals surface area contributed by atoms with E-state index >= 15 is 0 Å². The minimum Gasteiger partial charge on any atom is -0.497 e. The zero-order valence-corrected chi connectivity index (χ0v) is 19.7. The van der Waals surface area contributed by atoms with E-state index in [-0.39, 0.29) is 12.1 Å². The first kappa shape index (κ1) is 24.8. The Kier molecular flexibility index (Phi) is 9.91. The van der Waals surface area contributed by atoms with Gasteiger partial charge in [-0.15, -0.1) is 0 Å². The molecule has 174 valence electrons. The lowest BCUT2D eigenvalue weighted by Gasteiger charge is -2.29. The fourth-order valence-electron chi connectivity index (χ4n) is 3.55. The van der Waals surface area contributed by atoms with Crippen molar-refractivity contribution in [2.24, 2.45) is 4.99 Å². The molecule has 1 aromatic rings. The van der Waals surface area contributed by atoms with Gasteiger partial charge in [0.1, 0.15) is 11.4 Å². The van der Waals surface area contributed by atoms with Crippen molar-refractivity contribution in [3.63, 3.8) is 0 Å². The summed E-state index contributed by atoms with van der Waals surface area (Å²) in [5.41, 5.74) is 0.788. The Morgan fingerprint density at radius 1 is 1.10 bits per heavy atom. The van der Waals surface area contributed by atoms with E-state index in [1.54, 1.807) is 14.2 Å². The van der Waals surface area contributed by atoms with Crippen LogP contribution in [0.3, 0.4) is 0 Å². The van der Waals surface area contributed by atoms with Gasteiger partial charge in [0, 0.05) is 26.7 Å². The number of alkyl carbamates (subject to hydrolysis) is 1. The first-order valence-electron chi connectivity index (χ1n) is 11.1. The quantitative estimate of drug-likeness (QED) is 0.315. The number of aliphatic imine (C=N–C) groups is 1. The predicted octanol–water partition coefficient (Wildman–Crippen LogP) is 2.91. The standard InChI is InChI=1S/C23H39N5O3/c1-23(2,3)31-22(29)26-14-8-13-25-21(24-4)27-17-20(28-15-6-7-16-28)18-9-11-19(30-5)12-10-18/h9-12,20H,6-8,13-17H2,1-5H3,(H,26,29)(H2,24,25,27). The van der Waals surface area contributed by atoms with Crippen LogP contribution >= 0.6 is 0 Å². The number of benzene rings is 1. The Morgan fingerprint density at radius 3 is 2.32 bits per heavy atom. The summed E-state index contributed by atoms with van der Waals surface area (Å²) in [6, 6.07) is 8.59. The summed E-state index contributed by atoms with van der Waals surface area (Å²) in [6.45, 7) is 9.79. The molecule has 0 saturated carbocycles. The molecule has 8 nitrogen and oxygen atoms in total. The fourth-order valence-corrected chi connectivity index (χ4v) is 3.55. The van der Waals surface area contributed by atoms with Crippen molar-refractivity contribution in [3.05, 3.63) is 29.8 Å². The van der Waals surface area contributed by atoms with Gasteiger partial charge >= 0.3 is 6.09 Å². The molecular weight excluding hydrogens is 394 g/mol. The van der Waals surface area contributed by atoms with Gasteiger partial charge in [-0.05, 0) is 70.8 Å². The molecule has 1 amide bonds. The third-order valence-corrected chi connectivity index (χ3v) is 5.08. The van der Waals surface area contributed by atoms with Crippen molar-refractivity contribution in [2.75, 3.05) is 46.9 Å². The van der Waals surface area contributed by atoms with E-state index in [2.05, 4.69) is 38.0 Å². The molecule has 2 rings (SSSR count). The number of hydrogen-bond acceptors (Lipinski definition) is 5. The number of carbonyl (C=O) groups is 1. The summed E-state index contributed by atoms with van der Waals surface area (Å²) in [5, 5.41) is 9.54. The van der Waals surface area contributed by atoms with Crippen LogP contribution in [0, 0.1) is 0 Å². The Bertz CT molecular complexity index is 694. The van der Waals surface area contributed by atoms with E-state index in [0.717, 1.165) is 37.8 Å². The van der Waals surface area contributed by atoms with Gasteiger partial charge in [-0.2, -0.15) is 0 Å². The van der Waals surface area contributed by atoms with Crippen LogP contribution in [0.1, 0.15) is 51.6 Å². The van der Waals surface area contributed by atoms with Gasteiger partial charge in [0.25, 0.3) is 0 Å². The number of amides is 1. The number of guanidine groups is 1. The van der Waals surface area contributed by atoms with Crippen LogP contribution < -0.4 is 20.7 Å². The minimum absolute atomic E-state index is 0.279. The molecule has 1 saturated heterocycles. The highest BCUT2D eigenvalue weighted by Crippen LogP contribution is 2.26. The van der Waals surface area contributed by atoms with Gasteiger partial charge < -0.3 is 25.4 Å². The average molecular weight is 434 g/mol. The van der Waals surface area contributed by atoms with Crippen molar-refractivity contribution < 1.29 is 14.3 Å². The second-order valence-electron chi connectivity index (χ2n) is 8.69. The Morgan fingerprint density at radius 2 is 1.74 bits per heavy atom. The molecule has 0 spiro atoms. The lowest BCUT2D eigenvalue weighted by atomic mass is 10.1. The molecule has 1 aromatic carbocycles. The first-order chi connectivity index (χ1) is 14.8. The van der Waals surface area contributed by atoms with Crippen molar-refractivity contribution in [2.45, 2.75) is 51.7 Å². The maximum Gasteiger partial charge on any atom is 0.407 e. The SMILES string of the molecule is CN=C(NCCCNC(=O)OC(C)(C)C)NCC(c1ccc(OC)cc1)N1CCCC1.